The van der Waals surface area contributed by atoms with Crippen LogP contribution in [0.4, 0.5) is 0 Å². The number of hydrogen-bond donors (Lipinski definition) is 0. The molecule has 2 aromatic carbocycles. The lowest BCUT2D eigenvalue weighted by atomic mass is 9.98. The van der Waals surface area contributed by atoms with Gasteiger partial charge in [-0.2, -0.15) is 0 Å². The zero-order valence-electron chi connectivity index (χ0n) is 10.4. The Morgan fingerprint density at radius 1 is 1.11 bits per heavy atom. The van der Waals surface area contributed by atoms with Crippen molar-refractivity contribution in [3.05, 3.63) is 76.3 Å². The largest absolute Gasteiger partial charge is 0.294 e. The van der Waals surface area contributed by atoms with Crippen LogP contribution in [0.1, 0.15) is 27.9 Å². The molecule has 0 atom stereocenters. The number of rotatable bonds is 3. The fraction of sp³-hybridized carbons (Fsp3) is 0.118. The molecule has 2 heteroatoms. The first-order chi connectivity index (χ1) is 9.24. The average Bonchev–Trinajstić information content (AvgIpc) is 2.82. The molecule has 0 spiro atoms. The molecule has 0 saturated heterocycles. The van der Waals surface area contributed by atoms with Gasteiger partial charge in [-0.25, -0.2) is 0 Å². The van der Waals surface area contributed by atoms with Crippen LogP contribution in [-0.2, 0) is 6.42 Å². The van der Waals surface area contributed by atoms with Gasteiger partial charge in [0.1, 0.15) is 0 Å². The van der Waals surface area contributed by atoms with Gasteiger partial charge in [-0.1, -0.05) is 54.1 Å². The van der Waals surface area contributed by atoms with E-state index in [-0.39, 0.29) is 5.78 Å². The second-order valence-corrected chi connectivity index (χ2v) is 5.14. The topological polar surface area (TPSA) is 17.1 Å². The normalized spacial score (nSPS) is 13.0. The Morgan fingerprint density at radius 2 is 1.89 bits per heavy atom. The number of carbonyl (C=O) groups excluding carboxylic acids is 1. The van der Waals surface area contributed by atoms with Crippen molar-refractivity contribution in [2.45, 2.75) is 12.8 Å². The minimum absolute atomic E-state index is 0.152. The molecule has 19 heavy (non-hydrogen) atoms. The van der Waals surface area contributed by atoms with Crippen LogP contribution < -0.4 is 0 Å². The summed E-state index contributed by atoms with van der Waals surface area (Å²) in [5.74, 6) is 0.152. The van der Waals surface area contributed by atoms with Crippen molar-refractivity contribution in [2.24, 2.45) is 0 Å². The van der Waals surface area contributed by atoms with Crippen LogP contribution in [0, 0.1) is 0 Å². The second kappa shape index (κ2) is 5.02. The van der Waals surface area contributed by atoms with Crippen molar-refractivity contribution < 1.29 is 4.79 Å². The molecule has 0 aliphatic heterocycles. The van der Waals surface area contributed by atoms with Gasteiger partial charge in [-0.15, -0.1) is 0 Å². The molecule has 0 N–H and O–H groups in total. The summed E-state index contributed by atoms with van der Waals surface area (Å²) in [7, 11) is 0. The van der Waals surface area contributed by atoms with Crippen molar-refractivity contribution in [3.63, 3.8) is 0 Å². The standard InChI is InChI=1S/C17H13ClO/c18-15-9-8-12-6-7-14(16(12)11-15)10-17(19)13-4-2-1-3-5-13/h1-5,7-9,11H,6,10H2. The molecule has 0 aromatic heterocycles. The van der Waals surface area contributed by atoms with Crippen LogP contribution >= 0.6 is 11.6 Å². The lowest BCUT2D eigenvalue weighted by molar-refractivity contribution is 0.0998. The smallest absolute Gasteiger partial charge is 0.167 e. The molecule has 1 aliphatic carbocycles. The molecule has 2 aromatic rings. The number of hydrogen-bond acceptors (Lipinski definition) is 1. The maximum Gasteiger partial charge on any atom is 0.167 e. The van der Waals surface area contributed by atoms with Crippen LogP contribution in [0.25, 0.3) is 5.57 Å². The van der Waals surface area contributed by atoms with Gasteiger partial charge in [0.15, 0.2) is 5.78 Å². The van der Waals surface area contributed by atoms with Crippen LogP contribution in [0.2, 0.25) is 5.02 Å². The van der Waals surface area contributed by atoms with Gasteiger partial charge in [-0.3, -0.25) is 4.79 Å². The quantitative estimate of drug-likeness (QED) is 0.746. The Morgan fingerprint density at radius 3 is 2.68 bits per heavy atom. The van der Waals surface area contributed by atoms with Crippen LogP contribution in [0.3, 0.4) is 0 Å². The summed E-state index contributed by atoms with van der Waals surface area (Å²) in [6, 6.07) is 15.3. The van der Waals surface area contributed by atoms with E-state index in [0.717, 1.165) is 28.1 Å². The Labute approximate surface area is 117 Å². The van der Waals surface area contributed by atoms with Crippen molar-refractivity contribution >= 4 is 23.0 Å². The van der Waals surface area contributed by atoms with Crippen LogP contribution in [0.15, 0.2) is 54.6 Å². The van der Waals surface area contributed by atoms with Crippen molar-refractivity contribution in [2.75, 3.05) is 0 Å². The third kappa shape index (κ3) is 2.47. The van der Waals surface area contributed by atoms with E-state index in [4.69, 9.17) is 11.6 Å². The maximum absolute atomic E-state index is 12.2. The summed E-state index contributed by atoms with van der Waals surface area (Å²) in [5.41, 5.74) is 4.22. The highest BCUT2D eigenvalue weighted by atomic mass is 35.5. The number of ketones is 1. The lowest BCUT2D eigenvalue weighted by Crippen LogP contribution is -1.99. The highest BCUT2D eigenvalue weighted by Gasteiger charge is 2.17. The summed E-state index contributed by atoms with van der Waals surface area (Å²) in [5, 5.41) is 0.721. The number of halogens is 1. The third-order valence-electron chi connectivity index (χ3n) is 3.43. The van der Waals surface area contributed by atoms with E-state index in [1.165, 1.54) is 5.56 Å². The molecule has 0 heterocycles. The van der Waals surface area contributed by atoms with Gasteiger partial charge in [0.2, 0.25) is 0 Å². The van der Waals surface area contributed by atoms with Crippen molar-refractivity contribution in [1.29, 1.82) is 0 Å². The first kappa shape index (κ1) is 12.2. The van der Waals surface area contributed by atoms with Gasteiger partial charge in [0, 0.05) is 17.0 Å². The van der Waals surface area contributed by atoms with E-state index >= 15 is 0 Å². The number of fused-ring (bicyclic) bond motifs is 1. The molecule has 0 unspecified atom stereocenters. The van der Waals surface area contributed by atoms with E-state index in [9.17, 15) is 4.79 Å². The first-order valence-corrected chi connectivity index (χ1v) is 6.68. The summed E-state index contributed by atoms with van der Waals surface area (Å²) in [6.45, 7) is 0. The molecule has 0 amide bonds. The van der Waals surface area contributed by atoms with Crippen LogP contribution in [-0.4, -0.2) is 5.78 Å². The average molecular weight is 269 g/mol. The molecule has 3 rings (SSSR count). The number of carbonyl (C=O) groups is 1. The predicted octanol–water partition coefficient (Wildman–Crippen LogP) is 4.55. The van der Waals surface area contributed by atoms with Gasteiger partial charge in [0.25, 0.3) is 0 Å². The summed E-state index contributed by atoms with van der Waals surface area (Å²) < 4.78 is 0. The monoisotopic (exact) mass is 268 g/mol. The summed E-state index contributed by atoms with van der Waals surface area (Å²) in [4.78, 5) is 12.2. The Balaban J connectivity index is 1.84. The van der Waals surface area contributed by atoms with Gasteiger partial charge >= 0.3 is 0 Å². The highest BCUT2D eigenvalue weighted by Crippen LogP contribution is 2.32. The second-order valence-electron chi connectivity index (χ2n) is 4.70. The number of Topliss-reactive ketones (excluding diaryl/α,β-unsaturated/α-hetero) is 1. The van der Waals surface area contributed by atoms with E-state index in [2.05, 4.69) is 6.08 Å². The van der Waals surface area contributed by atoms with E-state index in [1.54, 1.807) is 0 Å². The molecule has 1 nitrogen and oxygen atoms in total. The zero-order chi connectivity index (χ0) is 13.2. The first-order valence-electron chi connectivity index (χ1n) is 6.30. The Kier molecular flexibility index (Phi) is 3.22. The van der Waals surface area contributed by atoms with E-state index in [0.29, 0.717) is 6.42 Å². The molecule has 0 fully saturated rings. The summed E-state index contributed by atoms with van der Waals surface area (Å²) >= 11 is 6.03. The Hall–Kier alpha value is -1.86. The third-order valence-corrected chi connectivity index (χ3v) is 3.67. The molecular formula is C17H13ClO. The van der Waals surface area contributed by atoms with Crippen molar-refractivity contribution in [3.8, 4) is 0 Å². The molecule has 0 bridgehead atoms. The number of benzene rings is 2. The maximum atomic E-state index is 12.2. The van der Waals surface area contributed by atoms with Crippen LogP contribution in [0.5, 0.6) is 0 Å². The molecule has 1 aliphatic rings. The van der Waals surface area contributed by atoms with Gasteiger partial charge in [-0.05, 0) is 35.3 Å². The lowest BCUT2D eigenvalue weighted by Gasteiger charge is -2.06. The zero-order valence-corrected chi connectivity index (χ0v) is 11.2. The van der Waals surface area contributed by atoms with Crippen molar-refractivity contribution in [1.82, 2.24) is 0 Å². The molecule has 0 radical (unpaired) electrons. The fourth-order valence-electron chi connectivity index (χ4n) is 2.44. The van der Waals surface area contributed by atoms with Gasteiger partial charge in [0.05, 0.1) is 0 Å². The predicted molar refractivity (Wildman–Crippen MR) is 78.5 cm³/mol. The molecular weight excluding hydrogens is 256 g/mol. The van der Waals surface area contributed by atoms with E-state index in [1.807, 2.05) is 48.5 Å². The minimum Gasteiger partial charge on any atom is -0.294 e. The summed E-state index contributed by atoms with van der Waals surface area (Å²) in [6.07, 6.45) is 3.46. The fourth-order valence-corrected chi connectivity index (χ4v) is 2.61. The molecule has 94 valence electrons. The molecule has 0 saturated carbocycles. The highest BCUT2D eigenvalue weighted by molar-refractivity contribution is 6.30. The van der Waals surface area contributed by atoms with E-state index < -0.39 is 0 Å². The minimum atomic E-state index is 0.152. The van der Waals surface area contributed by atoms with Gasteiger partial charge < -0.3 is 0 Å². The SMILES string of the molecule is O=C(CC1=CCc2ccc(Cl)cc21)c1ccccc1. The Bertz CT molecular complexity index is 656. The number of allylic oxidation sites excluding steroid dienone is 2.